The molecule has 0 aromatic rings. The van der Waals surface area contributed by atoms with E-state index >= 15 is 0 Å². The van der Waals surface area contributed by atoms with Crippen molar-refractivity contribution in [1.29, 1.82) is 0 Å². The Hall–Kier alpha value is -1.21. The van der Waals surface area contributed by atoms with Crippen LogP contribution in [0.15, 0.2) is 25.0 Å². The van der Waals surface area contributed by atoms with Gasteiger partial charge in [0.2, 0.25) is 0 Å². The molecule has 0 radical (unpaired) electrons. The van der Waals surface area contributed by atoms with E-state index in [1.165, 1.54) is 0 Å². The lowest BCUT2D eigenvalue weighted by Gasteiger charge is -2.31. The van der Waals surface area contributed by atoms with Crippen molar-refractivity contribution in [3.63, 3.8) is 0 Å². The second-order valence-corrected chi connectivity index (χ2v) is 5.42. The molecule has 21 heavy (non-hydrogen) atoms. The summed E-state index contributed by atoms with van der Waals surface area (Å²) in [5, 5.41) is 9.49. The summed E-state index contributed by atoms with van der Waals surface area (Å²) in [5.74, 6) is 0.145. The van der Waals surface area contributed by atoms with E-state index in [0.29, 0.717) is 19.8 Å². The molecule has 1 aliphatic rings. The number of hydrogen-bond acceptors (Lipinski definition) is 6. The van der Waals surface area contributed by atoms with Gasteiger partial charge in [-0.3, -0.25) is 19.6 Å². The molecule has 1 N–H and O–H groups in total. The van der Waals surface area contributed by atoms with Crippen LogP contribution in [0.1, 0.15) is 6.92 Å². The second-order valence-electron chi connectivity index (χ2n) is 5.42. The zero-order valence-corrected chi connectivity index (χ0v) is 13.1. The van der Waals surface area contributed by atoms with Gasteiger partial charge in [-0.2, -0.15) is 0 Å². The van der Waals surface area contributed by atoms with Crippen LogP contribution in [0, 0.1) is 0 Å². The highest BCUT2D eigenvalue weighted by Crippen LogP contribution is 2.06. The van der Waals surface area contributed by atoms with Gasteiger partial charge in [0.1, 0.15) is 6.29 Å². The number of hydrogen-bond donors (Lipinski definition) is 1. The molecule has 1 aliphatic heterocycles. The first-order chi connectivity index (χ1) is 10.1. The summed E-state index contributed by atoms with van der Waals surface area (Å²) in [5.41, 5.74) is 0. The molecule has 0 aromatic carbocycles. The minimum atomic E-state index is 0.145. The monoisotopic (exact) mass is 296 g/mol. The van der Waals surface area contributed by atoms with E-state index in [9.17, 15) is 9.90 Å². The van der Waals surface area contributed by atoms with Crippen LogP contribution in [-0.2, 0) is 4.79 Å². The van der Waals surface area contributed by atoms with E-state index in [4.69, 9.17) is 0 Å². The van der Waals surface area contributed by atoms with Crippen LogP contribution in [0.5, 0.6) is 0 Å². The summed E-state index contributed by atoms with van der Waals surface area (Å²) in [6, 6.07) is 0. The fourth-order valence-electron chi connectivity index (χ4n) is 2.53. The third-order valence-electron chi connectivity index (χ3n) is 3.51. The molecular weight excluding hydrogens is 268 g/mol. The first-order valence-electron chi connectivity index (χ1n) is 7.39. The Bertz CT molecular complexity index is 349. The van der Waals surface area contributed by atoms with Crippen molar-refractivity contribution < 1.29 is 9.90 Å². The van der Waals surface area contributed by atoms with Crippen molar-refractivity contribution in [3.8, 4) is 0 Å². The van der Waals surface area contributed by atoms with E-state index in [1.54, 1.807) is 0 Å². The molecule has 6 heteroatoms. The van der Waals surface area contributed by atoms with Gasteiger partial charge in [0, 0.05) is 19.6 Å². The number of aliphatic hydroxyl groups excluding tert-OH is 1. The highest BCUT2D eigenvalue weighted by Gasteiger charge is 2.20. The van der Waals surface area contributed by atoms with E-state index in [0.717, 1.165) is 45.8 Å². The predicted molar refractivity (Wildman–Crippen MR) is 84.9 cm³/mol. The van der Waals surface area contributed by atoms with Crippen LogP contribution in [0.25, 0.3) is 0 Å². The molecule has 120 valence electrons. The summed E-state index contributed by atoms with van der Waals surface area (Å²) in [6.45, 7) is 16.1. The molecule has 6 nitrogen and oxygen atoms in total. The first kappa shape index (κ1) is 17.8. The third kappa shape index (κ3) is 6.86. The van der Waals surface area contributed by atoms with E-state index in [2.05, 4.69) is 39.7 Å². The van der Waals surface area contributed by atoms with Gasteiger partial charge < -0.3 is 9.90 Å². The van der Waals surface area contributed by atoms with E-state index < -0.39 is 0 Å². The molecule has 0 unspecified atom stereocenters. The van der Waals surface area contributed by atoms with E-state index in [-0.39, 0.29) is 5.76 Å². The molecule has 0 atom stereocenters. The fourth-order valence-corrected chi connectivity index (χ4v) is 2.53. The minimum Gasteiger partial charge on any atom is -0.512 e. The number of aliphatic hydroxyl groups is 1. The van der Waals surface area contributed by atoms with Crippen LogP contribution >= 0.6 is 0 Å². The molecule has 0 spiro atoms. The summed E-state index contributed by atoms with van der Waals surface area (Å²) in [6.07, 6.45) is 2.82. The number of carbonyl (C=O) groups excluding carboxylic acids is 1. The Labute approximate surface area is 127 Å². The molecule has 0 bridgehead atoms. The molecule has 0 amide bonds. The van der Waals surface area contributed by atoms with Gasteiger partial charge in [-0.1, -0.05) is 19.6 Å². The average molecular weight is 296 g/mol. The summed E-state index contributed by atoms with van der Waals surface area (Å²) in [7, 11) is 0. The lowest BCUT2D eigenvalue weighted by Crippen LogP contribution is -2.46. The predicted octanol–water partition coefficient (Wildman–Crippen LogP) is 0.557. The van der Waals surface area contributed by atoms with Crippen molar-refractivity contribution in [1.82, 2.24) is 19.6 Å². The largest absolute Gasteiger partial charge is 0.512 e. The summed E-state index contributed by atoms with van der Waals surface area (Å²) >= 11 is 0. The van der Waals surface area contributed by atoms with Gasteiger partial charge in [-0.25, -0.2) is 0 Å². The van der Waals surface area contributed by atoms with Crippen molar-refractivity contribution in [2.45, 2.75) is 6.92 Å². The number of carbonyl (C=O) groups is 1. The maximum Gasteiger partial charge on any atom is 0.134 e. The van der Waals surface area contributed by atoms with Crippen LogP contribution in [0.4, 0.5) is 0 Å². The van der Waals surface area contributed by atoms with Gasteiger partial charge in [0.25, 0.3) is 0 Å². The number of likely N-dealkylation sites (N-methyl/N-ethyl adjacent to an activating group) is 1. The van der Waals surface area contributed by atoms with Gasteiger partial charge in [-0.15, -0.1) is 6.58 Å². The minimum absolute atomic E-state index is 0.145. The van der Waals surface area contributed by atoms with Crippen LogP contribution in [0.3, 0.4) is 0 Å². The Morgan fingerprint density at radius 1 is 1.10 bits per heavy atom. The molecule has 1 fully saturated rings. The zero-order valence-electron chi connectivity index (χ0n) is 13.1. The van der Waals surface area contributed by atoms with Gasteiger partial charge >= 0.3 is 0 Å². The highest BCUT2D eigenvalue weighted by atomic mass is 16.3. The van der Waals surface area contributed by atoms with Crippen molar-refractivity contribution in [2.75, 3.05) is 59.3 Å². The van der Waals surface area contributed by atoms with Crippen LogP contribution < -0.4 is 0 Å². The second kappa shape index (κ2) is 9.68. The van der Waals surface area contributed by atoms with Gasteiger partial charge in [0.15, 0.2) is 0 Å². The maximum absolute atomic E-state index is 10.9. The SMILES string of the molecule is C=CCN1CCN(CC)CN(CC=O)CN(CC(=C)O)C1. The molecule has 1 rings (SSSR count). The van der Waals surface area contributed by atoms with Crippen molar-refractivity contribution in [2.24, 2.45) is 0 Å². The Kier molecular flexibility index (Phi) is 8.22. The third-order valence-corrected chi connectivity index (χ3v) is 3.51. The fraction of sp³-hybridized carbons (Fsp3) is 0.667. The van der Waals surface area contributed by atoms with Crippen molar-refractivity contribution >= 4 is 6.29 Å². The topological polar surface area (TPSA) is 50.3 Å². The van der Waals surface area contributed by atoms with Crippen LogP contribution in [0.2, 0.25) is 0 Å². The summed E-state index contributed by atoms with van der Waals surface area (Å²) in [4.78, 5) is 19.6. The standard InChI is InChI=1S/C15H28N4O2/c1-4-6-17-8-7-16(5-2)12-18(9-10-20)14-19(13-17)11-15(3)21/h4,10,21H,1,3,5-9,11-14H2,2H3. The Morgan fingerprint density at radius 2 is 1.71 bits per heavy atom. The van der Waals surface area contributed by atoms with Crippen LogP contribution in [-0.4, -0.2) is 90.3 Å². The molecular formula is C15H28N4O2. The quantitative estimate of drug-likeness (QED) is 0.421. The Morgan fingerprint density at radius 3 is 2.29 bits per heavy atom. The molecule has 0 saturated carbocycles. The van der Waals surface area contributed by atoms with E-state index in [1.807, 2.05) is 6.08 Å². The Balaban J connectivity index is 2.82. The summed E-state index contributed by atoms with van der Waals surface area (Å²) < 4.78 is 0. The number of rotatable bonds is 7. The zero-order chi connectivity index (χ0) is 15.7. The average Bonchev–Trinajstić information content (AvgIpc) is 2.49. The molecule has 0 aromatic heterocycles. The first-order valence-corrected chi connectivity index (χ1v) is 7.39. The molecule has 1 heterocycles. The van der Waals surface area contributed by atoms with Gasteiger partial charge in [-0.05, 0) is 6.54 Å². The normalized spacial score (nSPS) is 20.4. The lowest BCUT2D eigenvalue weighted by molar-refractivity contribution is -0.109. The highest BCUT2D eigenvalue weighted by molar-refractivity contribution is 5.51. The lowest BCUT2D eigenvalue weighted by atomic mass is 10.4. The number of nitrogens with zero attached hydrogens (tertiary/aromatic N) is 4. The van der Waals surface area contributed by atoms with Crippen molar-refractivity contribution in [3.05, 3.63) is 25.0 Å². The number of aldehydes is 1. The maximum atomic E-state index is 10.9. The van der Waals surface area contributed by atoms with Gasteiger partial charge in [0.05, 0.1) is 38.9 Å². The molecule has 1 saturated heterocycles. The molecule has 0 aliphatic carbocycles. The smallest absolute Gasteiger partial charge is 0.134 e.